The van der Waals surface area contributed by atoms with Gasteiger partial charge in [0.15, 0.2) is 0 Å². The Bertz CT molecular complexity index is 461. The first kappa shape index (κ1) is 11.9. The number of hydrogen-bond acceptors (Lipinski definition) is 2. The minimum atomic E-state index is -0.391. The number of nitrogens with one attached hydrogen (secondary N) is 1. The molecular formula is C12H11FN2O. The third-order valence-corrected chi connectivity index (χ3v) is 1.90. The highest BCUT2D eigenvalue weighted by molar-refractivity contribution is 5.73. The van der Waals surface area contributed by atoms with Gasteiger partial charge in [-0.3, -0.25) is 4.79 Å². The lowest BCUT2D eigenvalue weighted by molar-refractivity contribution is -0.118. The maximum Gasteiger partial charge on any atom is 0.217 e. The van der Waals surface area contributed by atoms with E-state index in [1.807, 2.05) is 6.07 Å². The highest BCUT2D eigenvalue weighted by Gasteiger charge is 1.99. The molecule has 0 aliphatic heterocycles. The zero-order chi connectivity index (χ0) is 12.0. The van der Waals surface area contributed by atoms with Gasteiger partial charge in [0.1, 0.15) is 5.82 Å². The van der Waals surface area contributed by atoms with Crippen LogP contribution in [0, 0.1) is 17.1 Å². The van der Waals surface area contributed by atoms with Crippen molar-refractivity contribution in [1.29, 1.82) is 5.26 Å². The molecule has 1 N–H and O–H groups in total. The first-order chi connectivity index (χ1) is 7.63. The second-order valence-corrected chi connectivity index (χ2v) is 3.18. The fourth-order valence-electron chi connectivity index (χ4n) is 1.16. The van der Waals surface area contributed by atoms with Crippen LogP contribution in [0.5, 0.6) is 0 Å². The van der Waals surface area contributed by atoms with E-state index >= 15 is 0 Å². The first-order valence-corrected chi connectivity index (χ1v) is 4.74. The molecule has 3 nitrogen and oxygen atoms in total. The zero-order valence-electron chi connectivity index (χ0n) is 8.83. The van der Waals surface area contributed by atoms with Crippen molar-refractivity contribution in [2.45, 2.75) is 6.92 Å². The molecule has 0 aromatic heterocycles. The van der Waals surface area contributed by atoms with Gasteiger partial charge in [0.25, 0.3) is 0 Å². The third-order valence-electron chi connectivity index (χ3n) is 1.90. The quantitative estimate of drug-likeness (QED) is 0.841. The summed E-state index contributed by atoms with van der Waals surface area (Å²) in [7, 11) is 0. The molecule has 0 heterocycles. The molecule has 1 rings (SSSR count). The molecule has 4 heteroatoms. The second-order valence-electron chi connectivity index (χ2n) is 3.18. The molecule has 0 aliphatic carbocycles. The first-order valence-electron chi connectivity index (χ1n) is 4.74. The van der Waals surface area contributed by atoms with Gasteiger partial charge in [-0.05, 0) is 23.8 Å². The maximum atomic E-state index is 12.9. The lowest BCUT2D eigenvalue weighted by Gasteiger charge is -1.98. The number of nitriles is 1. The van der Waals surface area contributed by atoms with Crippen molar-refractivity contribution in [1.82, 2.24) is 5.32 Å². The molecule has 0 fully saturated rings. The molecule has 0 unspecified atom stereocenters. The molecule has 0 atom stereocenters. The van der Waals surface area contributed by atoms with Crippen molar-refractivity contribution in [2.24, 2.45) is 0 Å². The van der Waals surface area contributed by atoms with Gasteiger partial charge in [0.2, 0.25) is 5.91 Å². The molecule has 16 heavy (non-hydrogen) atoms. The number of nitrogens with zero attached hydrogens (tertiary/aromatic N) is 1. The molecule has 0 radical (unpaired) electrons. The van der Waals surface area contributed by atoms with E-state index in [1.54, 1.807) is 12.2 Å². The number of carbonyl (C=O) groups excluding carboxylic acids is 1. The number of hydrogen-bond donors (Lipinski definition) is 1. The van der Waals surface area contributed by atoms with Gasteiger partial charge in [-0.2, -0.15) is 5.26 Å². The Balaban J connectivity index is 2.76. The van der Waals surface area contributed by atoms with Crippen LogP contribution in [0.2, 0.25) is 0 Å². The zero-order valence-corrected chi connectivity index (χ0v) is 8.83. The number of halogens is 1. The van der Waals surface area contributed by atoms with E-state index in [2.05, 4.69) is 5.32 Å². The summed E-state index contributed by atoms with van der Waals surface area (Å²) in [5.41, 5.74) is 0.910. The van der Waals surface area contributed by atoms with Gasteiger partial charge in [0.05, 0.1) is 11.6 Å². The van der Waals surface area contributed by atoms with Crippen LogP contribution in [0.4, 0.5) is 4.39 Å². The largest absolute Gasteiger partial charge is 0.353 e. The molecule has 1 amide bonds. The number of rotatable bonds is 3. The van der Waals surface area contributed by atoms with Crippen molar-refractivity contribution in [3.8, 4) is 6.07 Å². The Kier molecular flexibility index (Phi) is 4.22. The average molecular weight is 218 g/mol. The van der Waals surface area contributed by atoms with Crippen LogP contribution in [-0.2, 0) is 4.79 Å². The molecule has 0 spiro atoms. The van der Waals surface area contributed by atoms with E-state index < -0.39 is 5.82 Å². The van der Waals surface area contributed by atoms with Crippen LogP contribution >= 0.6 is 0 Å². The Hall–Kier alpha value is -2.15. The smallest absolute Gasteiger partial charge is 0.217 e. The Morgan fingerprint density at radius 1 is 1.62 bits per heavy atom. The van der Waals surface area contributed by atoms with Crippen LogP contribution < -0.4 is 5.32 Å². The van der Waals surface area contributed by atoms with Gasteiger partial charge in [-0.1, -0.05) is 12.2 Å². The van der Waals surface area contributed by atoms with Crippen molar-refractivity contribution in [3.63, 3.8) is 0 Å². The number of carbonyl (C=O) groups is 1. The Morgan fingerprint density at radius 2 is 2.38 bits per heavy atom. The highest BCUT2D eigenvalue weighted by atomic mass is 19.1. The number of amides is 1. The maximum absolute atomic E-state index is 12.9. The van der Waals surface area contributed by atoms with Crippen molar-refractivity contribution >= 4 is 12.0 Å². The molecule has 82 valence electrons. The summed E-state index contributed by atoms with van der Waals surface area (Å²) in [5.74, 6) is -0.525. The van der Waals surface area contributed by atoms with E-state index in [0.717, 1.165) is 0 Å². The van der Waals surface area contributed by atoms with E-state index in [0.29, 0.717) is 17.7 Å². The van der Waals surface area contributed by atoms with Crippen molar-refractivity contribution in [2.75, 3.05) is 6.54 Å². The standard InChI is InChI=1S/C12H11FN2O/c1-9(16)15-6-2-3-10-7-12(13)5-4-11(10)8-14/h2-5,7H,6H2,1H3,(H,15,16). The van der Waals surface area contributed by atoms with Crippen LogP contribution in [0.25, 0.3) is 6.08 Å². The molecule has 0 bridgehead atoms. The van der Waals surface area contributed by atoms with E-state index in [1.165, 1.54) is 25.1 Å². The molecular weight excluding hydrogens is 207 g/mol. The van der Waals surface area contributed by atoms with E-state index in [-0.39, 0.29) is 5.91 Å². The minimum Gasteiger partial charge on any atom is -0.353 e. The second kappa shape index (κ2) is 5.66. The third kappa shape index (κ3) is 3.54. The highest BCUT2D eigenvalue weighted by Crippen LogP contribution is 2.11. The van der Waals surface area contributed by atoms with E-state index in [4.69, 9.17) is 5.26 Å². The van der Waals surface area contributed by atoms with Gasteiger partial charge >= 0.3 is 0 Å². The molecule has 1 aromatic rings. The summed E-state index contributed by atoms with van der Waals surface area (Å²) in [6.45, 7) is 1.77. The summed E-state index contributed by atoms with van der Waals surface area (Å²) < 4.78 is 12.9. The fraction of sp³-hybridized carbons (Fsp3) is 0.167. The van der Waals surface area contributed by atoms with Crippen molar-refractivity contribution < 1.29 is 9.18 Å². The summed E-state index contributed by atoms with van der Waals surface area (Å²) in [4.78, 5) is 10.6. The van der Waals surface area contributed by atoms with Gasteiger partial charge < -0.3 is 5.32 Å². The monoisotopic (exact) mass is 218 g/mol. The predicted molar refractivity (Wildman–Crippen MR) is 58.8 cm³/mol. The lowest BCUT2D eigenvalue weighted by Crippen LogP contribution is -2.19. The predicted octanol–water partition coefficient (Wildman–Crippen LogP) is 1.85. The van der Waals surface area contributed by atoms with E-state index in [9.17, 15) is 9.18 Å². The lowest BCUT2D eigenvalue weighted by atomic mass is 10.1. The summed E-state index contributed by atoms with van der Waals surface area (Å²) in [5, 5.41) is 11.3. The SMILES string of the molecule is CC(=O)NCC=Cc1cc(F)ccc1C#N. The summed E-state index contributed by atoms with van der Waals surface area (Å²) in [6.07, 6.45) is 3.27. The van der Waals surface area contributed by atoms with Gasteiger partial charge in [-0.25, -0.2) is 4.39 Å². The van der Waals surface area contributed by atoms with Crippen LogP contribution in [0.3, 0.4) is 0 Å². The Labute approximate surface area is 93.2 Å². The molecule has 0 aliphatic rings. The van der Waals surface area contributed by atoms with Crippen LogP contribution in [-0.4, -0.2) is 12.5 Å². The van der Waals surface area contributed by atoms with Crippen LogP contribution in [0.1, 0.15) is 18.1 Å². The average Bonchev–Trinajstić information content (AvgIpc) is 2.24. The van der Waals surface area contributed by atoms with Crippen LogP contribution in [0.15, 0.2) is 24.3 Å². The normalized spacial score (nSPS) is 10.1. The summed E-state index contributed by atoms with van der Waals surface area (Å²) in [6, 6.07) is 5.91. The molecule has 1 aromatic carbocycles. The minimum absolute atomic E-state index is 0.135. The van der Waals surface area contributed by atoms with Crippen molar-refractivity contribution in [3.05, 3.63) is 41.2 Å². The molecule has 0 saturated heterocycles. The molecule has 0 saturated carbocycles. The fourth-order valence-corrected chi connectivity index (χ4v) is 1.16. The Morgan fingerprint density at radius 3 is 3.00 bits per heavy atom. The summed E-state index contributed by atoms with van der Waals surface area (Å²) >= 11 is 0. The van der Waals surface area contributed by atoms with Gasteiger partial charge in [0, 0.05) is 13.5 Å². The topological polar surface area (TPSA) is 52.9 Å². The van der Waals surface area contributed by atoms with Gasteiger partial charge in [-0.15, -0.1) is 0 Å². The number of benzene rings is 1.